The summed E-state index contributed by atoms with van der Waals surface area (Å²) in [6, 6.07) is 10.1. The van der Waals surface area contributed by atoms with Crippen LogP contribution in [0, 0.1) is 12.3 Å². The van der Waals surface area contributed by atoms with Crippen LogP contribution in [0.25, 0.3) is 0 Å². The van der Waals surface area contributed by atoms with Gasteiger partial charge in [-0.3, -0.25) is 9.59 Å². The van der Waals surface area contributed by atoms with Crippen LogP contribution in [0.3, 0.4) is 0 Å². The van der Waals surface area contributed by atoms with E-state index in [4.69, 9.17) is 9.15 Å². The number of carbonyl (C=O) groups excluding carboxylic acids is 2. The number of aryl methyl sites for hydroxylation is 2. The molecule has 0 saturated carbocycles. The maximum absolute atomic E-state index is 12.9. The van der Waals surface area contributed by atoms with E-state index in [2.05, 4.69) is 17.1 Å². The van der Waals surface area contributed by atoms with Crippen LogP contribution in [0.5, 0.6) is 0 Å². The summed E-state index contributed by atoms with van der Waals surface area (Å²) in [5.74, 6) is -0.177. The Kier molecular flexibility index (Phi) is 5.94. The van der Waals surface area contributed by atoms with Crippen LogP contribution in [0.4, 0.5) is 0 Å². The standard InChI is InChI=1S/C21H26N2O4/c1-3-26-20(25)21(12-10-17-8-5-4-6-9-17)11-7-13-23(14-21)19(24)18-16(2)22-15-27-18/h4-6,8-9,15H,3,7,10-14H2,1-2H3/t21-/m1/s1. The van der Waals surface area contributed by atoms with E-state index in [1.807, 2.05) is 25.1 Å². The molecule has 2 aromatic rings. The molecule has 1 saturated heterocycles. The van der Waals surface area contributed by atoms with Gasteiger partial charge in [-0.1, -0.05) is 30.3 Å². The molecule has 1 fully saturated rings. The van der Waals surface area contributed by atoms with Crippen LogP contribution in [0.15, 0.2) is 41.1 Å². The quantitative estimate of drug-likeness (QED) is 0.729. The van der Waals surface area contributed by atoms with Crippen LogP contribution < -0.4 is 0 Å². The van der Waals surface area contributed by atoms with Crippen molar-refractivity contribution in [2.45, 2.75) is 39.5 Å². The molecule has 1 amide bonds. The zero-order valence-corrected chi connectivity index (χ0v) is 15.9. The van der Waals surface area contributed by atoms with Crippen molar-refractivity contribution in [2.75, 3.05) is 19.7 Å². The number of piperidine rings is 1. The largest absolute Gasteiger partial charge is 0.466 e. The number of esters is 1. The van der Waals surface area contributed by atoms with Crippen molar-refractivity contribution in [2.24, 2.45) is 5.41 Å². The fraction of sp³-hybridized carbons (Fsp3) is 0.476. The zero-order valence-electron chi connectivity index (χ0n) is 15.9. The van der Waals surface area contributed by atoms with E-state index in [0.29, 0.717) is 31.8 Å². The van der Waals surface area contributed by atoms with E-state index < -0.39 is 5.41 Å². The summed E-state index contributed by atoms with van der Waals surface area (Å²) >= 11 is 0. The molecule has 27 heavy (non-hydrogen) atoms. The third-order valence-electron chi connectivity index (χ3n) is 5.25. The van der Waals surface area contributed by atoms with Crippen molar-refractivity contribution >= 4 is 11.9 Å². The maximum Gasteiger partial charge on any atom is 0.313 e. The Bertz CT molecular complexity index is 786. The van der Waals surface area contributed by atoms with Crippen LogP contribution in [0.1, 0.15) is 48.0 Å². The van der Waals surface area contributed by atoms with Crippen LogP contribution >= 0.6 is 0 Å². The number of ether oxygens (including phenoxy) is 1. The number of hydrogen-bond donors (Lipinski definition) is 0. The van der Waals surface area contributed by atoms with Gasteiger partial charge in [0.25, 0.3) is 5.91 Å². The lowest BCUT2D eigenvalue weighted by Crippen LogP contribution is -2.50. The highest BCUT2D eigenvalue weighted by Crippen LogP contribution is 2.37. The first kappa shape index (κ1) is 19.1. The Morgan fingerprint density at radius 2 is 2.07 bits per heavy atom. The number of nitrogens with zero attached hydrogens (tertiary/aromatic N) is 2. The second-order valence-electron chi connectivity index (χ2n) is 7.08. The third-order valence-corrected chi connectivity index (χ3v) is 5.25. The predicted molar refractivity (Wildman–Crippen MR) is 100 cm³/mol. The lowest BCUT2D eigenvalue weighted by Gasteiger charge is -2.40. The van der Waals surface area contributed by atoms with E-state index in [1.165, 1.54) is 12.0 Å². The van der Waals surface area contributed by atoms with Crippen LogP contribution in [0.2, 0.25) is 0 Å². The summed E-state index contributed by atoms with van der Waals surface area (Å²) in [7, 11) is 0. The highest BCUT2D eigenvalue weighted by molar-refractivity contribution is 5.93. The minimum Gasteiger partial charge on any atom is -0.466 e. The Balaban J connectivity index is 1.80. The lowest BCUT2D eigenvalue weighted by molar-refractivity contribution is -0.159. The van der Waals surface area contributed by atoms with E-state index >= 15 is 0 Å². The number of carbonyl (C=O) groups is 2. The Morgan fingerprint density at radius 3 is 2.74 bits per heavy atom. The Labute approximate surface area is 159 Å². The van der Waals surface area contributed by atoms with Crippen molar-refractivity contribution < 1.29 is 18.7 Å². The van der Waals surface area contributed by atoms with Crippen molar-refractivity contribution in [3.05, 3.63) is 53.7 Å². The molecule has 6 heteroatoms. The van der Waals surface area contributed by atoms with Crippen LogP contribution in [-0.2, 0) is 16.0 Å². The normalized spacial score (nSPS) is 19.7. The molecule has 1 aliphatic heterocycles. The van der Waals surface area contributed by atoms with Gasteiger partial charge in [0, 0.05) is 13.1 Å². The van der Waals surface area contributed by atoms with Gasteiger partial charge in [-0.2, -0.15) is 0 Å². The number of amides is 1. The van der Waals surface area contributed by atoms with Gasteiger partial charge in [-0.25, -0.2) is 4.98 Å². The number of aromatic nitrogens is 1. The Morgan fingerprint density at radius 1 is 1.30 bits per heavy atom. The van der Waals surface area contributed by atoms with Gasteiger partial charge in [0.2, 0.25) is 5.76 Å². The summed E-state index contributed by atoms with van der Waals surface area (Å²) < 4.78 is 10.7. The summed E-state index contributed by atoms with van der Waals surface area (Å²) in [5, 5.41) is 0. The topological polar surface area (TPSA) is 72.6 Å². The summed E-state index contributed by atoms with van der Waals surface area (Å²) in [5.41, 5.74) is 1.06. The second kappa shape index (κ2) is 8.37. The summed E-state index contributed by atoms with van der Waals surface area (Å²) in [6.07, 6.45) is 4.17. The van der Waals surface area contributed by atoms with E-state index in [-0.39, 0.29) is 17.6 Å². The lowest BCUT2D eigenvalue weighted by atomic mass is 9.75. The van der Waals surface area contributed by atoms with Crippen molar-refractivity contribution in [1.82, 2.24) is 9.88 Å². The molecule has 2 heterocycles. The zero-order chi connectivity index (χ0) is 19.3. The van der Waals surface area contributed by atoms with Crippen LogP contribution in [-0.4, -0.2) is 41.5 Å². The molecule has 0 N–H and O–H groups in total. The minimum atomic E-state index is -0.687. The fourth-order valence-corrected chi connectivity index (χ4v) is 3.74. The molecule has 0 radical (unpaired) electrons. The molecule has 6 nitrogen and oxygen atoms in total. The van der Waals surface area contributed by atoms with Crippen molar-refractivity contribution in [1.29, 1.82) is 0 Å². The number of benzene rings is 1. The fourth-order valence-electron chi connectivity index (χ4n) is 3.74. The number of hydrogen-bond acceptors (Lipinski definition) is 5. The molecule has 3 rings (SSSR count). The SMILES string of the molecule is CCOC(=O)[C@@]1(CCc2ccccc2)CCCN(C(=O)c2ocnc2C)C1. The van der Waals surface area contributed by atoms with E-state index in [9.17, 15) is 9.59 Å². The highest BCUT2D eigenvalue weighted by Gasteiger charge is 2.45. The monoisotopic (exact) mass is 370 g/mol. The van der Waals surface area contributed by atoms with E-state index in [1.54, 1.807) is 11.8 Å². The predicted octanol–water partition coefficient (Wildman–Crippen LogP) is 3.40. The van der Waals surface area contributed by atoms with Crippen molar-refractivity contribution in [3.8, 4) is 0 Å². The third kappa shape index (κ3) is 4.21. The maximum atomic E-state index is 12.9. The molecule has 1 aromatic heterocycles. The molecule has 0 bridgehead atoms. The number of oxazole rings is 1. The second-order valence-corrected chi connectivity index (χ2v) is 7.08. The molecule has 1 aromatic carbocycles. The molecule has 0 aliphatic carbocycles. The molecule has 1 atom stereocenters. The first-order valence-corrected chi connectivity index (χ1v) is 9.46. The van der Waals surface area contributed by atoms with Gasteiger partial charge in [0.15, 0.2) is 6.39 Å². The van der Waals surface area contributed by atoms with Gasteiger partial charge >= 0.3 is 5.97 Å². The van der Waals surface area contributed by atoms with Gasteiger partial charge < -0.3 is 14.1 Å². The minimum absolute atomic E-state index is 0.210. The average molecular weight is 370 g/mol. The summed E-state index contributed by atoms with van der Waals surface area (Å²) in [4.78, 5) is 31.4. The van der Waals surface area contributed by atoms with Gasteiger partial charge in [0.1, 0.15) is 0 Å². The molecule has 1 aliphatic rings. The molecule has 144 valence electrons. The van der Waals surface area contributed by atoms with Gasteiger partial charge in [0.05, 0.1) is 17.7 Å². The number of likely N-dealkylation sites (tertiary alicyclic amines) is 1. The first-order chi connectivity index (χ1) is 13.1. The average Bonchev–Trinajstić information content (AvgIpc) is 3.13. The molecular formula is C21H26N2O4. The first-order valence-electron chi connectivity index (χ1n) is 9.46. The molecule has 0 unspecified atom stereocenters. The summed E-state index contributed by atoms with van der Waals surface area (Å²) in [6.45, 7) is 4.84. The highest BCUT2D eigenvalue weighted by atomic mass is 16.5. The smallest absolute Gasteiger partial charge is 0.313 e. The van der Waals surface area contributed by atoms with E-state index in [0.717, 1.165) is 19.3 Å². The number of rotatable bonds is 6. The van der Waals surface area contributed by atoms with Gasteiger partial charge in [-0.05, 0) is 45.1 Å². The Hall–Kier alpha value is -2.63. The van der Waals surface area contributed by atoms with Gasteiger partial charge in [-0.15, -0.1) is 0 Å². The molecule has 0 spiro atoms. The molecular weight excluding hydrogens is 344 g/mol. The van der Waals surface area contributed by atoms with Crippen molar-refractivity contribution in [3.63, 3.8) is 0 Å².